The lowest BCUT2D eigenvalue weighted by atomic mass is 10.1. The van der Waals surface area contributed by atoms with Gasteiger partial charge in [-0.2, -0.15) is 5.26 Å². The van der Waals surface area contributed by atoms with Crippen LogP contribution in [0, 0.1) is 11.3 Å². The van der Waals surface area contributed by atoms with Gasteiger partial charge in [0.15, 0.2) is 0 Å². The quantitative estimate of drug-likeness (QED) is 0.741. The summed E-state index contributed by atoms with van der Waals surface area (Å²) in [7, 11) is 0. The average molecular weight is 238 g/mol. The zero-order valence-corrected chi connectivity index (χ0v) is 10.7. The SMILES string of the molecule is CCCC(C#N)N1CCN(C(C)C(N)=O)CC1. The highest BCUT2D eigenvalue weighted by Gasteiger charge is 2.27. The molecule has 1 fully saturated rings. The van der Waals surface area contributed by atoms with Gasteiger partial charge in [-0.3, -0.25) is 14.6 Å². The molecule has 2 atom stereocenters. The molecule has 1 heterocycles. The van der Waals surface area contributed by atoms with Crippen molar-refractivity contribution >= 4 is 5.91 Å². The normalized spacial score (nSPS) is 21.7. The zero-order valence-electron chi connectivity index (χ0n) is 10.7. The van der Waals surface area contributed by atoms with Crippen LogP contribution in [0.3, 0.4) is 0 Å². The third-order valence-electron chi connectivity index (χ3n) is 3.46. The van der Waals surface area contributed by atoms with Crippen LogP contribution in [0.15, 0.2) is 0 Å². The molecule has 0 bridgehead atoms. The minimum Gasteiger partial charge on any atom is -0.368 e. The lowest BCUT2D eigenvalue weighted by Crippen LogP contribution is -2.55. The third-order valence-corrected chi connectivity index (χ3v) is 3.46. The summed E-state index contributed by atoms with van der Waals surface area (Å²) in [6, 6.07) is 2.17. The van der Waals surface area contributed by atoms with Crippen molar-refractivity contribution in [3.05, 3.63) is 0 Å². The number of rotatable bonds is 5. The van der Waals surface area contributed by atoms with Gasteiger partial charge >= 0.3 is 0 Å². The number of hydrogen-bond donors (Lipinski definition) is 1. The van der Waals surface area contributed by atoms with Crippen LogP contribution in [0.25, 0.3) is 0 Å². The third kappa shape index (κ3) is 3.69. The molecule has 5 nitrogen and oxygen atoms in total. The first-order chi connectivity index (χ1) is 8.10. The Bertz CT molecular complexity index is 291. The van der Waals surface area contributed by atoms with Crippen LogP contribution in [0.1, 0.15) is 26.7 Å². The minimum atomic E-state index is -0.274. The summed E-state index contributed by atoms with van der Waals surface area (Å²) in [5.41, 5.74) is 5.29. The topological polar surface area (TPSA) is 73.4 Å². The van der Waals surface area contributed by atoms with Crippen molar-refractivity contribution < 1.29 is 4.79 Å². The second kappa shape index (κ2) is 6.58. The van der Waals surface area contributed by atoms with E-state index in [2.05, 4.69) is 22.8 Å². The molecule has 17 heavy (non-hydrogen) atoms. The molecule has 1 aliphatic rings. The highest BCUT2D eigenvalue weighted by molar-refractivity contribution is 5.79. The highest BCUT2D eigenvalue weighted by atomic mass is 16.1. The molecule has 2 unspecified atom stereocenters. The molecule has 0 saturated carbocycles. The fourth-order valence-electron chi connectivity index (χ4n) is 2.22. The Labute approximate surface area is 103 Å². The van der Waals surface area contributed by atoms with Crippen molar-refractivity contribution in [1.29, 1.82) is 5.26 Å². The number of hydrogen-bond acceptors (Lipinski definition) is 4. The molecular weight excluding hydrogens is 216 g/mol. The van der Waals surface area contributed by atoms with Gasteiger partial charge in [0.2, 0.25) is 5.91 Å². The van der Waals surface area contributed by atoms with Gasteiger partial charge in [0.1, 0.15) is 0 Å². The number of carbonyl (C=O) groups is 1. The van der Waals surface area contributed by atoms with Crippen molar-refractivity contribution in [3.63, 3.8) is 0 Å². The molecule has 1 amide bonds. The van der Waals surface area contributed by atoms with Crippen LogP contribution >= 0.6 is 0 Å². The molecular formula is C12H22N4O. The van der Waals surface area contributed by atoms with Gasteiger partial charge in [-0.1, -0.05) is 13.3 Å². The predicted molar refractivity (Wildman–Crippen MR) is 66.1 cm³/mol. The summed E-state index contributed by atoms with van der Waals surface area (Å²) in [6.07, 6.45) is 1.94. The Morgan fingerprint density at radius 2 is 1.88 bits per heavy atom. The maximum atomic E-state index is 11.1. The number of amides is 1. The average Bonchev–Trinajstić information content (AvgIpc) is 2.35. The van der Waals surface area contributed by atoms with Gasteiger partial charge in [-0.15, -0.1) is 0 Å². The largest absolute Gasteiger partial charge is 0.368 e. The zero-order chi connectivity index (χ0) is 12.8. The molecule has 0 radical (unpaired) electrons. The summed E-state index contributed by atoms with van der Waals surface area (Å²) >= 11 is 0. The molecule has 96 valence electrons. The number of carbonyl (C=O) groups excluding carboxylic acids is 1. The maximum Gasteiger partial charge on any atom is 0.234 e. The van der Waals surface area contributed by atoms with Crippen LogP contribution in [-0.4, -0.2) is 54.0 Å². The number of piperazine rings is 1. The van der Waals surface area contributed by atoms with E-state index < -0.39 is 0 Å². The Hall–Kier alpha value is -1.12. The van der Waals surface area contributed by atoms with Crippen LogP contribution in [0.2, 0.25) is 0 Å². The number of nitrogens with two attached hydrogens (primary N) is 1. The second-order valence-corrected chi connectivity index (χ2v) is 4.58. The van der Waals surface area contributed by atoms with E-state index in [1.807, 2.05) is 6.92 Å². The van der Waals surface area contributed by atoms with Gasteiger partial charge < -0.3 is 5.73 Å². The lowest BCUT2D eigenvalue weighted by molar-refractivity contribution is -0.123. The molecule has 0 aliphatic carbocycles. The molecule has 1 aliphatic heterocycles. The van der Waals surface area contributed by atoms with Crippen LogP contribution < -0.4 is 5.73 Å². The van der Waals surface area contributed by atoms with E-state index in [-0.39, 0.29) is 18.0 Å². The van der Waals surface area contributed by atoms with E-state index in [9.17, 15) is 4.79 Å². The van der Waals surface area contributed by atoms with Gasteiger partial charge in [-0.25, -0.2) is 0 Å². The molecule has 2 N–H and O–H groups in total. The van der Waals surface area contributed by atoms with Crippen molar-refractivity contribution in [2.24, 2.45) is 5.73 Å². The summed E-state index contributed by atoms with van der Waals surface area (Å²) < 4.78 is 0. The van der Waals surface area contributed by atoms with Gasteiger partial charge in [-0.05, 0) is 13.3 Å². The molecule has 0 spiro atoms. The Morgan fingerprint density at radius 1 is 1.35 bits per heavy atom. The number of primary amides is 1. The van der Waals surface area contributed by atoms with E-state index in [4.69, 9.17) is 11.0 Å². The van der Waals surface area contributed by atoms with Gasteiger partial charge in [0, 0.05) is 26.2 Å². The molecule has 5 heteroatoms. The fraction of sp³-hybridized carbons (Fsp3) is 0.833. The molecule has 0 aromatic rings. The summed E-state index contributed by atoms with van der Waals surface area (Å²) in [4.78, 5) is 15.4. The van der Waals surface area contributed by atoms with E-state index in [1.165, 1.54) is 0 Å². The molecule has 1 saturated heterocycles. The lowest BCUT2D eigenvalue weighted by Gasteiger charge is -2.38. The number of nitrogens with zero attached hydrogens (tertiary/aromatic N) is 3. The van der Waals surface area contributed by atoms with E-state index >= 15 is 0 Å². The minimum absolute atomic E-state index is 0.0195. The van der Waals surface area contributed by atoms with Crippen molar-refractivity contribution in [1.82, 2.24) is 9.80 Å². The predicted octanol–water partition coefficient (Wildman–Crippen LogP) is 0.170. The van der Waals surface area contributed by atoms with Crippen LogP contribution in [0.5, 0.6) is 0 Å². The Kier molecular flexibility index (Phi) is 5.39. The van der Waals surface area contributed by atoms with E-state index in [0.29, 0.717) is 0 Å². The smallest absolute Gasteiger partial charge is 0.234 e. The number of nitriles is 1. The highest BCUT2D eigenvalue weighted by Crippen LogP contribution is 2.12. The molecule has 1 rings (SSSR count). The summed E-state index contributed by atoms with van der Waals surface area (Å²) in [5, 5.41) is 9.09. The Morgan fingerprint density at radius 3 is 2.29 bits per heavy atom. The van der Waals surface area contributed by atoms with Crippen LogP contribution in [-0.2, 0) is 4.79 Å². The summed E-state index contributed by atoms with van der Waals surface area (Å²) in [5.74, 6) is -0.274. The van der Waals surface area contributed by atoms with Gasteiger partial charge in [0.25, 0.3) is 0 Å². The van der Waals surface area contributed by atoms with Gasteiger partial charge in [0.05, 0.1) is 18.2 Å². The molecule has 0 aromatic heterocycles. The van der Waals surface area contributed by atoms with Crippen molar-refractivity contribution in [2.45, 2.75) is 38.8 Å². The first-order valence-corrected chi connectivity index (χ1v) is 6.27. The first-order valence-electron chi connectivity index (χ1n) is 6.27. The first kappa shape index (κ1) is 13.9. The van der Waals surface area contributed by atoms with E-state index in [1.54, 1.807) is 0 Å². The molecule has 0 aromatic carbocycles. The second-order valence-electron chi connectivity index (χ2n) is 4.58. The van der Waals surface area contributed by atoms with Crippen molar-refractivity contribution in [3.8, 4) is 6.07 Å². The van der Waals surface area contributed by atoms with Crippen LogP contribution in [0.4, 0.5) is 0 Å². The standard InChI is InChI=1S/C12H22N4O/c1-3-4-11(9-13)16-7-5-15(6-8-16)10(2)12(14)17/h10-11H,3-8H2,1-2H3,(H2,14,17). The fourth-order valence-corrected chi connectivity index (χ4v) is 2.22. The summed E-state index contributed by atoms with van der Waals surface area (Å²) in [6.45, 7) is 7.24. The van der Waals surface area contributed by atoms with Crippen molar-refractivity contribution in [2.75, 3.05) is 26.2 Å². The monoisotopic (exact) mass is 238 g/mol. The van der Waals surface area contributed by atoms with E-state index in [0.717, 1.165) is 39.0 Å². The maximum absolute atomic E-state index is 11.1. The Balaban J connectivity index is 2.45.